The fourth-order valence-electron chi connectivity index (χ4n) is 3.33. The number of nitrogens with zero attached hydrogens (tertiary/aromatic N) is 1. The topological polar surface area (TPSA) is 106 Å². The molecule has 0 bridgehead atoms. The number of furan rings is 1. The Balaban J connectivity index is 1.41. The number of carbonyl (C=O) groups is 4. The van der Waals surface area contributed by atoms with Gasteiger partial charge in [0.05, 0.1) is 22.1 Å². The van der Waals surface area contributed by atoms with E-state index in [9.17, 15) is 19.2 Å². The van der Waals surface area contributed by atoms with E-state index in [0.717, 1.165) is 22.2 Å². The molecule has 0 radical (unpaired) electrons. The summed E-state index contributed by atoms with van der Waals surface area (Å²) in [6.07, 6.45) is 2.13. The van der Waals surface area contributed by atoms with Gasteiger partial charge < -0.3 is 14.5 Å². The minimum Gasteiger partial charge on any atom is -0.462 e. The second-order valence-corrected chi connectivity index (χ2v) is 9.12. The zero-order chi connectivity index (χ0) is 25.7. The summed E-state index contributed by atoms with van der Waals surface area (Å²) in [5, 5.41) is 2.18. The molecule has 4 rings (SSSR count). The maximum Gasteiger partial charge on any atom is 0.339 e. The van der Waals surface area contributed by atoms with Crippen LogP contribution in [0.25, 0.3) is 17.4 Å². The molecule has 1 saturated heterocycles. The molecular formula is C26H21ClN2O6S. The third-order valence-corrected chi connectivity index (χ3v) is 6.28. The number of hydrogen-bond acceptors (Lipinski definition) is 7. The van der Waals surface area contributed by atoms with Gasteiger partial charge in [0.1, 0.15) is 18.1 Å². The molecule has 8 nitrogen and oxygen atoms in total. The van der Waals surface area contributed by atoms with Gasteiger partial charge in [-0.1, -0.05) is 48.9 Å². The molecule has 1 aromatic heterocycles. The summed E-state index contributed by atoms with van der Waals surface area (Å²) in [6.45, 7) is 1.61. The van der Waals surface area contributed by atoms with Gasteiger partial charge in [-0.15, -0.1) is 0 Å². The van der Waals surface area contributed by atoms with Crippen LogP contribution in [0.4, 0.5) is 10.5 Å². The van der Waals surface area contributed by atoms with Crippen LogP contribution in [0.2, 0.25) is 5.02 Å². The normalized spacial score (nSPS) is 14.4. The van der Waals surface area contributed by atoms with E-state index in [1.165, 1.54) is 24.3 Å². The molecule has 1 aliphatic heterocycles. The van der Waals surface area contributed by atoms with Gasteiger partial charge in [-0.2, -0.15) is 0 Å². The molecule has 2 aromatic carbocycles. The molecule has 1 fully saturated rings. The number of imide groups is 1. The van der Waals surface area contributed by atoms with Crippen molar-refractivity contribution in [3.63, 3.8) is 0 Å². The van der Waals surface area contributed by atoms with Gasteiger partial charge in [-0.05, 0) is 48.5 Å². The Kier molecular flexibility index (Phi) is 7.92. The van der Waals surface area contributed by atoms with Crippen molar-refractivity contribution in [1.29, 1.82) is 0 Å². The molecule has 0 saturated carbocycles. The minimum absolute atomic E-state index is 0.102. The SMILES string of the molecule is CCCOC(=O)c1cc(NC(=O)CN2C(=O)S/C(=C\c3ccc(-c4ccccc4)o3)C2=O)ccc1Cl. The molecule has 10 heteroatoms. The Labute approximate surface area is 216 Å². The number of nitrogens with one attached hydrogen (secondary N) is 1. The van der Waals surface area contributed by atoms with Crippen LogP contribution < -0.4 is 5.32 Å². The molecule has 0 spiro atoms. The van der Waals surface area contributed by atoms with E-state index < -0.39 is 29.6 Å². The minimum atomic E-state index is -0.613. The number of ether oxygens (including phenoxy) is 1. The first-order valence-corrected chi connectivity index (χ1v) is 12.2. The molecule has 1 N–H and O–H groups in total. The van der Waals surface area contributed by atoms with Gasteiger partial charge in [-0.3, -0.25) is 19.3 Å². The molecule has 0 aliphatic carbocycles. The third kappa shape index (κ3) is 5.87. The second kappa shape index (κ2) is 11.3. The Morgan fingerprint density at radius 3 is 2.64 bits per heavy atom. The van der Waals surface area contributed by atoms with Crippen molar-refractivity contribution in [2.24, 2.45) is 0 Å². The molecule has 184 valence electrons. The first kappa shape index (κ1) is 25.3. The average Bonchev–Trinajstić information content (AvgIpc) is 3.44. The standard InChI is InChI=1S/C26H21ClN2O6S/c1-2-12-34-25(32)19-13-17(8-10-20(19)27)28-23(30)15-29-24(31)22(36-26(29)33)14-18-9-11-21(35-18)16-6-4-3-5-7-16/h3-11,13-14H,2,12,15H2,1H3,(H,28,30)/b22-14-. The lowest BCUT2D eigenvalue weighted by Gasteiger charge is -2.13. The van der Waals surface area contributed by atoms with Gasteiger partial charge >= 0.3 is 5.97 Å². The predicted octanol–water partition coefficient (Wildman–Crippen LogP) is 5.84. The third-order valence-electron chi connectivity index (χ3n) is 5.04. The molecule has 3 aromatic rings. The number of anilines is 1. The highest BCUT2D eigenvalue weighted by Gasteiger charge is 2.36. The number of hydrogen-bond donors (Lipinski definition) is 1. The summed E-state index contributed by atoms with van der Waals surface area (Å²) in [5.74, 6) is -0.785. The average molecular weight is 525 g/mol. The molecule has 0 atom stereocenters. The second-order valence-electron chi connectivity index (χ2n) is 7.71. The van der Waals surface area contributed by atoms with Crippen molar-refractivity contribution < 1.29 is 28.3 Å². The quantitative estimate of drug-likeness (QED) is 0.291. The largest absolute Gasteiger partial charge is 0.462 e. The summed E-state index contributed by atoms with van der Waals surface area (Å²) in [7, 11) is 0. The van der Waals surface area contributed by atoms with Gasteiger partial charge in [0.15, 0.2) is 0 Å². The van der Waals surface area contributed by atoms with Gasteiger partial charge in [-0.25, -0.2) is 4.79 Å². The van der Waals surface area contributed by atoms with Crippen LogP contribution in [0.1, 0.15) is 29.5 Å². The Hall–Kier alpha value is -3.82. The monoisotopic (exact) mass is 524 g/mol. The molecule has 1 aliphatic rings. The lowest BCUT2D eigenvalue weighted by molar-refractivity contribution is -0.127. The van der Waals surface area contributed by atoms with Crippen molar-refractivity contribution in [3.8, 4) is 11.3 Å². The molecular weight excluding hydrogens is 504 g/mol. The van der Waals surface area contributed by atoms with E-state index in [1.54, 1.807) is 12.1 Å². The zero-order valence-corrected chi connectivity index (χ0v) is 20.7. The van der Waals surface area contributed by atoms with E-state index in [0.29, 0.717) is 17.9 Å². The van der Waals surface area contributed by atoms with Crippen LogP contribution in [0.15, 0.2) is 70.0 Å². The summed E-state index contributed by atoms with van der Waals surface area (Å²) in [4.78, 5) is 50.9. The van der Waals surface area contributed by atoms with E-state index in [-0.39, 0.29) is 27.8 Å². The molecule has 2 heterocycles. The van der Waals surface area contributed by atoms with E-state index in [2.05, 4.69) is 5.32 Å². The summed E-state index contributed by atoms with van der Waals surface area (Å²) >= 11 is 6.80. The van der Waals surface area contributed by atoms with Crippen molar-refractivity contribution in [2.75, 3.05) is 18.5 Å². The summed E-state index contributed by atoms with van der Waals surface area (Å²) in [6, 6.07) is 17.3. The Morgan fingerprint density at radius 2 is 1.89 bits per heavy atom. The van der Waals surface area contributed by atoms with Gasteiger partial charge in [0.25, 0.3) is 11.1 Å². The highest BCUT2D eigenvalue weighted by Crippen LogP contribution is 2.33. The number of rotatable bonds is 8. The van der Waals surface area contributed by atoms with Crippen LogP contribution in [-0.4, -0.2) is 41.1 Å². The van der Waals surface area contributed by atoms with E-state index in [1.807, 2.05) is 37.3 Å². The zero-order valence-electron chi connectivity index (χ0n) is 19.2. The van der Waals surface area contributed by atoms with Crippen LogP contribution >= 0.6 is 23.4 Å². The van der Waals surface area contributed by atoms with Crippen LogP contribution in [0, 0.1) is 0 Å². The number of esters is 1. The van der Waals surface area contributed by atoms with Crippen molar-refractivity contribution in [3.05, 3.63) is 81.9 Å². The Morgan fingerprint density at radius 1 is 1.11 bits per heavy atom. The van der Waals surface area contributed by atoms with E-state index >= 15 is 0 Å². The fraction of sp³-hybridized carbons (Fsp3) is 0.154. The van der Waals surface area contributed by atoms with Crippen molar-refractivity contribution in [1.82, 2.24) is 4.90 Å². The smallest absolute Gasteiger partial charge is 0.339 e. The first-order valence-electron chi connectivity index (χ1n) is 11.0. The maximum absolute atomic E-state index is 12.8. The fourth-order valence-corrected chi connectivity index (χ4v) is 4.34. The molecule has 3 amide bonds. The molecule has 36 heavy (non-hydrogen) atoms. The summed E-state index contributed by atoms with van der Waals surface area (Å²) in [5.41, 5.74) is 1.26. The van der Waals surface area contributed by atoms with Crippen molar-refractivity contribution >= 4 is 58.1 Å². The highest BCUT2D eigenvalue weighted by atomic mass is 35.5. The predicted molar refractivity (Wildman–Crippen MR) is 137 cm³/mol. The van der Waals surface area contributed by atoms with Gasteiger partial charge in [0, 0.05) is 17.3 Å². The molecule has 0 unspecified atom stereocenters. The number of halogens is 1. The lowest BCUT2D eigenvalue weighted by Crippen LogP contribution is -2.36. The summed E-state index contributed by atoms with van der Waals surface area (Å²) < 4.78 is 10.9. The van der Waals surface area contributed by atoms with E-state index in [4.69, 9.17) is 20.8 Å². The van der Waals surface area contributed by atoms with Crippen LogP contribution in [-0.2, 0) is 14.3 Å². The first-order chi connectivity index (χ1) is 17.4. The van der Waals surface area contributed by atoms with Crippen LogP contribution in [0.3, 0.4) is 0 Å². The highest BCUT2D eigenvalue weighted by molar-refractivity contribution is 8.18. The number of benzene rings is 2. The Bertz CT molecular complexity index is 1350. The number of thioether (sulfide) groups is 1. The maximum atomic E-state index is 12.8. The number of amides is 3. The van der Waals surface area contributed by atoms with Gasteiger partial charge in [0.2, 0.25) is 5.91 Å². The lowest BCUT2D eigenvalue weighted by atomic mass is 10.2. The van der Waals surface area contributed by atoms with Crippen molar-refractivity contribution in [2.45, 2.75) is 13.3 Å². The van der Waals surface area contributed by atoms with Crippen LogP contribution in [0.5, 0.6) is 0 Å². The number of carbonyl (C=O) groups excluding carboxylic acids is 4.